The fourth-order valence-corrected chi connectivity index (χ4v) is 2.40. The maximum atomic E-state index is 10.1. The molecule has 3 nitrogen and oxygen atoms in total. The van der Waals surface area contributed by atoms with Crippen LogP contribution in [-0.2, 0) is 0 Å². The van der Waals surface area contributed by atoms with Gasteiger partial charge >= 0.3 is 0 Å². The summed E-state index contributed by atoms with van der Waals surface area (Å²) >= 11 is 0. The molecule has 1 aliphatic heterocycles. The SMILES string of the molecule is Cc1ccc(C(O)CCN2CCC(O)CC2)cc1. The number of benzene rings is 1. The van der Waals surface area contributed by atoms with Gasteiger partial charge in [-0.05, 0) is 31.7 Å². The summed E-state index contributed by atoms with van der Waals surface area (Å²) in [5.74, 6) is 0. The molecule has 1 saturated heterocycles. The van der Waals surface area contributed by atoms with Gasteiger partial charge in [-0.1, -0.05) is 29.8 Å². The summed E-state index contributed by atoms with van der Waals surface area (Å²) in [6.07, 6.45) is 1.99. The van der Waals surface area contributed by atoms with Crippen LogP contribution in [0, 0.1) is 6.92 Å². The van der Waals surface area contributed by atoms with Gasteiger partial charge in [0.1, 0.15) is 0 Å². The Morgan fingerprint density at radius 1 is 1.22 bits per heavy atom. The predicted octanol–water partition coefficient (Wildman–Crippen LogP) is 1.88. The first-order valence-corrected chi connectivity index (χ1v) is 6.80. The first-order chi connectivity index (χ1) is 8.65. The van der Waals surface area contributed by atoms with Crippen molar-refractivity contribution in [3.63, 3.8) is 0 Å². The monoisotopic (exact) mass is 249 g/mol. The number of piperidine rings is 1. The average Bonchev–Trinajstić information content (AvgIpc) is 2.38. The van der Waals surface area contributed by atoms with Crippen molar-refractivity contribution in [2.45, 2.75) is 38.4 Å². The Bertz CT molecular complexity index is 355. The molecular weight excluding hydrogens is 226 g/mol. The maximum Gasteiger partial charge on any atom is 0.0802 e. The molecule has 3 heteroatoms. The van der Waals surface area contributed by atoms with E-state index < -0.39 is 0 Å². The van der Waals surface area contributed by atoms with Gasteiger partial charge in [0.05, 0.1) is 12.2 Å². The minimum absolute atomic E-state index is 0.122. The summed E-state index contributed by atoms with van der Waals surface area (Å²) in [6.45, 7) is 4.85. The Morgan fingerprint density at radius 3 is 2.44 bits per heavy atom. The van der Waals surface area contributed by atoms with E-state index in [1.54, 1.807) is 0 Å². The van der Waals surface area contributed by atoms with Crippen LogP contribution in [0.4, 0.5) is 0 Å². The zero-order chi connectivity index (χ0) is 13.0. The first kappa shape index (κ1) is 13.5. The number of aryl methyl sites for hydroxylation is 1. The van der Waals surface area contributed by atoms with E-state index in [0.717, 1.165) is 44.5 Å². The third-order valence-corrected chi connectivity index (χ3v) is 3.74. The van der Waals surface area contributed by atoms with Crippen LogP contribution in [0.1, 0.15) is 36.5 Å². The fraction of sp³-hybridized carbons (Fsp3) is 0.600. The molecule has 100 valence electrons. The highest BCUT2D eigenvalue weighted by molar-refractivity contribution is 5.22. The highest BCUT2D eigenvalue weighted by Crippen LogP contribution is 2.19. The molecule has 1 fully saturated rings. The summed E-state index contributed by atoms with van der Waals surface area (Å²) in [5.41, 5.74) is 2.22. The van der Waals surface area contributed by atoms with E-state index in [0.29, 0.717) is 0 Å². The Balaban J connectivity index is 1.77. The van der Waals surface area contributed by atoms with Gasteiger partial charge in [0.25, 0.3) is 0 Å². The van der Waals surface area contributed by atoms with Crippen LogP contribution in [0.3, 0.4) is 0 Å². The van der Waals surface area contributed by atoms with E-state index in [1.165, 1.54) is 5.56 Å². The molecule has 2 rings (SSSR count). The van der Waals surface area contributed by atoms with Crippen molar-refractivity contribution in [1.82, 2.24) is 4.90 Å². The molecule has 0 amide bonds. The molecule has 0 aliphatic carbocycles. The number of hydrogen-bond acceptors (Lipinski definition) is 3. The lowest BCUT2D eigenvalue weighted by atomic mass is 10.0. The number of rotatable bonds is 4. The molecule has 1 aromatic rings. The van der Waals surface area contributed by atoms with Gasteiger partial charge in [-0.25, -0.2) is 0 Å². The Morgan fingerprint density at radius 2 is 1.83 bits per heavy atom. The molecule has 2 N–H and O–H groups in total. The fourth-order valence-electron chi connectivity index (χ4n) is 2.40. The van der Waals surface area contributed by atoms with Crippen LogP contribution in [-0.4, -0.2) is 40.9 Å². The summed E-state index contributed by atoms with van der Waals surface area (Å²) in [5, 5.41) is 19.6. The second-order valence-electron chi connectivity index (χ2n) is 5.29. The van der Waals surface area contributed by atoms with Gasteiger partial charge < -0.3 is 15.1 Å². The quantitative estimate of drug-likeness (QED) is 0.856. The standard InChI is InChI=1S/C15H23NO2/c1-12-2-4-13(5-3-12)15(18)8-11-16-9-6-14(17)7-10-16/h2-5,14-15,17-18H,6-11H2,1H3. The zero-order valence-corrected chi connectivity index (χ0v) is 11.0. The third-order valence-electron chi connectivity index (χ3n) is 3.74. The van der Waals surface area contributed by atoms with Crippen molar-refractivity contribution in [2.75, 3.05) is 19.6 Å². The molecule has 1 unspecified atom stereocenters. The van der Waals surface area contributed by atoms with Gasteiger partial charge in [-0.3, -0.25) is 0 Å². The van der Waals surface area contributed by atoms with Crippen LogP contribution in [0.2, 0.25) is 0 Å². The minimum atomic E-state index is -0.377. The molecule has 0 spiro atoms. The lowest BCUT2D eigenvalue weighted by Crippen LogP contribution is -2.36. The highest BCUT2D eigenvalue weighted by Gasteiger charge is 2.17. The smallest absolute Gasteiger partial charge is 0.0802 e. The van der Waals surface area contributed by atoms with Crippen molar-refractivity contribution >= 4 is 0 Å². The number of aliphatic hydroxyl groups is 2. The van der Waals surface area contributed by atoms with Gasteiger partial charge in [-0.2, -0.15) is 0 Å². The number of nitrogens with zero attached hydrogens (tertiary/aromatic N) is 1. The van der Waals surface area contributed by atoms with Crippen molar-refractivity contribution in [3.05, 3.63) is 35.4 Å². The maximum absolute atomic E-state index is 10.1. The van der Waals surface area contributed by atoms with Gasteiger partial charge in [0.15, 0.2) is 0 Å². The third kappa shape index (κ3) is 3.80. The topological polar surface area (TPSA) is 43.7 Å². The minimum Gasteiger partial charge on any atom is -0.393 e. The van der Waals surface area contributed by atoms with Crippen molar-refractivity contribution < 1.29 is 10.2 Å². The molecule has 0 radical (unpaired) electrons. The molecular formula is C15H23NO2. The molecule has 1 aromatic carbocycles. The van der Waals surface area contributed by atoms with E-state index in [4.69, 9.17) is 0 Å². The normalized spacial score (nSPS) is 19.9. The second kappa shape index (κ2) is 6.32. The van der Waals surface area contributed by atoms with Crippen LogP contribution in [0.5, 0.6) is 0 Å². The van der Waals surface area contributed by atoms with Crippen LogP contribution < -0.4 is 0 Å². The summed E-state index contributed by atoms with van der Waals surface area (Å²) in [7, 11) is 0. The average molecular weight is 249 g/mol. The Hall–Kier alpha value is -0.900. The molecule has 1 heterocycles. The van der Waals surface area contributed by atoms with E-state index in [2.05, 4.69) is 11.8 Å². The zero-order valence-electron chi connectivity index (χ0n) is 11.0. The number of likely N-dealkylation sites (tertiary alicyclic amines) is 1. The van der Waals surface area contributed by atoms with Gasteiger partial charge in [0, 0.05) is 19.6 Å². The molecule has 1 atom stereocenters. The van der Waals surface area contributed by atoms with Crippen molar-refractivity contribution in [2.24, 2.45) is 0 Å². The van der Waals surface area contributed by atoms with E-state index >= 15 is 0 Å². The number of hydrogen-bond donors (Lipinski definition) is 2. The summed E-state index contributed by atoms with van der Waals surface area (Å²) in [6, 6.07) is 8.07. The van der Waals surface area contributed by atoms with E-state index in [-0.39, 0.29) is 12.2 Å². The highest BCUT2D eigenvalue weighted by atomic mass is 16.3. The lowest BCUT2D eigenvalue weighted by molar-refractivity contribution is 0.0711. The lowest BCUT2D eigenvalue weighted by Gasteiger charge is -2.30. The molecule has 18 heavy (non-hydrogen) atoms. The van der Waals surface area contributed by atoms with Crippen molar-refractivity contribution in [3.8, 4) is 0 Å². The van der Waals surface area contributed by atoms with Crippen molar-refractivity contribution in [1.29, 1.82) is 0 Å². The Kier molecular flexibility index (Phi) is 4.75. The molecule has 0 saturated carbocycles. The van der Waals surface area contributed by atoms with E-state index in [9.17, 15) is 10.2 Å². The van der Waals surface area contributed by atoms with Crippen LogP contribution >= 0.6 is 0 Å². The first-order valence-electron chi connectivity index (χ1n) is 6.80. The summed E-state index contributed by atoms with van der Waals surface area (Å²) < 4.78 is 0. The van der Waals surface area contributed by atoms with Crippen LogP contribution in [0.25, 0.3) is 0 Å². The number of aliphatic hydroxyl groups excluding tert-OH is 2. The largest absolute Gasteiger partial charge is 0.393 e. The second-order valence-corrected chi connectivity index (χ2v) is 5.29. The molecule has 0 aromatic heterocycles. The Labute approximate surface area is 109 Å². The van der Waals surface area contributed by atoms with Gasteiger partial charge in [-0.15, -0.1) is 0 Å². The molecule has 1 aliphatic rings. The summed E-state index contributed by atoms with van der Waals surface area (Å²) in [4.78, 5) is 2.32. The predicted molar refractivity (Wildman–Crippen MR) is 72.4 cm³/mol. The van der Waals surface area contributed by atoms with Gasteiger partial charge in [0.2, 0.25) is 0 Å². The van der Waals surface area contributed by atoms with Crippen LogP contribution in [0.15, 0.2) is 24.3 Å². The van der Waals surface area contributed by atoms with E-state index in [1.807, 2.05) is 24.3 Å². The molecule has 0 bridgehead atoms.